The standard InChI is InChI=1S/C15H18N2O4/c18-8-11-15(21)12(19)7-17(11)6-10-3-1-2-9-4-5-13(20)16-14(9)10/h1-5,11-12,15,18-19,21H,6-8H2,(H,16,20)/t11-,12+,15-/m1/s1. The lowest BCUT2D eigenvalue weighted by molar-refractivity contribution is 0.0210. The molecule has 21 heavy (non-hydrogen) atoms. The van der Waals surface area contributed by atoms with Crippen molar-refractivity contribution in [3.05, 3.63) is 46.2 Å². The number of hydrogen-bond donors (Lipinski definition) is 4. The fourth-order valence-corrected chi connectivity index (χ4v) is 2.95. The number of para-hydroxylation sites is 1. The molecule has 6 heteroatoms. The number of rotatable bonds is 3. The number of aromatic nitrogens is 1. The number of pyridine rings is 1. The van der Waals surface area contributed by atoms with Gasteiger partial charge in [-0.2, -0.15) is 0 Å². The summed E-state index contributed by atoms with van der Waals surface area (Å²) in [6, 6.07) is 8.44. The average molecular weight is 290 g/mol. The summed E-state index contributed by atoms with van der Waals surface area (Å²) in [6.07, 6.45) is -1.82. The highest BCUT2D eigenvalue weighted by molar-refractivity contribution is 5.81. The van der Waals surface area contributed by atoms with Gasteiger partial charge in [-0.1, -0.05) is 18.2 Å². The molecular weight excluding hydrogens is 272 g/mol. The van der Waals surface area contributed by atoms with E-state index in [-0.39, 0.29) is 12.2 Å². The Kier molecular flexibility index (Phi) is 3.77. The lowest BCUT2D eigenvalue weighted by atomic mass is 10.1. The summed E-state index contributed by atoms with van der Waals surface area (Å²) in [7, 11) is 0. The molecule has 0 radical (unpaired) electrons. The second-order valence-electron chi connectivity index (χ2n) is 5.44. The van der Waals surface area contributed by atoms with Crippen molar-refractivity contribution in [3.63, 3.8) is 0 Å². The zero-order valence-corrected chi connectivity index (χ0v) is 11.4. The highest BCUT2D eigenvalue weighted by Gasteiger charge is 2.39. The summed E-state index contributed by atoms with van der Waals surface area (Å²) in [4.78, 5) is 16.2. The average Bonchev–Trinajstić information content (AvgIpc) is 2.74. The predicted molar refractivity (Wildman–Crippen MR) is 77.9 cm³/mol. The first-order valence-electron chi connectivity index (χ1n) is 6.92. The molecule has 0 aliphatic carbocycles. The van der Waals surface area contributed by atoms with Crippen LogP contribution in [-0.2, 0) is 6.54 Å². The van der Waals surface area contributed by atoms with Crippen molar-refractivity contribution in [2.45, 2.75) is 24.8 Å². The van der Waals surface area contributed by atoms with Crippen molar-refractivity contribution in [2.24, 2.45) is 0 Å². The second-order valence-corrected chi connectivity index (χ2v) is 5.44. The van der Waals surface area contributed by atoms with Crippen molar-refractivity contribution in [2.75, 3.05) is 13.2 Å². The Morgan fingerprint density at radius 2 is 2.05 bits per heavy atom. The number of β-amino-alcohol motifs (C(OH)–C–C–N with tert-alkyl or cyclic N) is 1. The van der Waals surface area contributed by atoms with Gasteiger partial charge in [0.1, 0.15) is 0 Å². The van der Waals surface area contributed by atoms with Crippen LogP contribution in [0.25, 0.3) is 10.9 Å². The van der Waals surface area contributed by atoms with E-state index >= 15 is 0 Å². The maximum absolute atomic E-state index is 11.5. The Morgan fingerprint density at radius 1 is 1.24 bits per heavy atom. The van der Waals surface area contributed by atoms with Crippen LogP contribution in [0, 0.1) is 0 Å². The Balaban J connectivity index is 1.95. The molecule has 1 saturated heterocycles. The molecular formula is C15H18N2O4. The van der Waals surface area contributed by atoms with Gasteiger partial charge in [0.15, 0.2) is 0 Å². The topological polar surface area (TPSA) is 96.8 Å². The van der Waals surface area contributed by atoms with E-state index in [2.05, 4.69) is 4.98 Å². The number of nitrogens with one attached hydrogen (secondary N) is 1. The fraction of sp³-hybridized carbons (Fsp3) is 0.400. The number of aliphatic hydroxyl groups is 3. The van der Waals surface area contributed by atoms with Gasteiger partial charge < -0.3 is 20.3 Å². The van der Waals surface area contributed by atoms with Crippen LogP contribution in [0.4, 0.5) is 0 Å². The van der Waals surface area contributed by atoms with Crippen molar-refractivity contribution in [3.8, 4) is 0 Å². The second kappa shape index (κ2) is 5.57. The van der Waals surface area contributed by atoms with Crippen LogP contribution in [0.15, 0.2) is 35.1 Å². The Hall–Kier alpha value is -1.73. The van der Waals surface area contributed by atoms with Gasteiger partial charge in [0.25, 0.3) is 0 Å². The third kappa shape index (κ3) is 2.58. The smallest absolute Gasteiger partial charge is 0.248 e. The largest absolute Gasteiger partial charge is 0.395 e. The lowest BCUT2D eigenvalue weighted by Crippen LogP contribution is -2.38. The van der Waals surface area contributed by atoms with Crippen LogP contribution in [0.3, 0.4) is 0 Å². The van der Waals surface area contributed by atoms with Gasteiger partial charge in [-0.15, -0.1) is 0 Å². The Labute approximate surface area is 121 Å². The van der Waals surface area contributed by atoms with Gasteiger partial charge in [-0.25, -0.2) is 0 Å². The lowest BCUT2D eigenvalue weighted by Gasteiger charge is -2.24. The van der Waals surface area contributed by atoms with E-state index in [1.807, 2.05) is 23.1 Å². The molecule has 1 aliphatic heterocycles. The van der Waals surface area contributed by atoms with Gasteiger partial charge >= 0.3 is 0 Å². The molecule has 6 nitrogen and oxygen atoms in total. The quantitative estimate of drug-likeness (QED) is 0.607. The summed E-state index contributed by atoms with van der Waals surface area (Å²) in [5.41, 5.74) is 1.47. The molecule has 0 saturated carbocycles. The van der Waals surface area contributed by atoms with Crippen LogP contribution < -0.4 is 5.56 Å². The van der Waals surface area contributed by atoms with Gasteiger partial charge in [0.05, 0.1) is 30.4 Å². The molecule has 1 aliphatic rings. The van der Waals surface area contributed by atoms with E-state index in [0.29, 0.717) is 13.1 Å². The summed E-state index contributed by atoms with van der Waals surface area (Å²) >= 11 is 0. The van der Waals surface area contributed by atoms with Crippen LogP contribution in [0.5, 0.6) is 0 Å². The van der Waals surface area contributed by atoms with Crippen molar-refractivity contribution >= 4 is 10.9 Å². The van der Waals surface area contributed by atoms with Crippen molar-refractivity contribution in [1.29, 1.82) is 0 Å². The molecule has 3 rings (SSSR count). The number of benzene rings is 1. The minimum absolute atomic E-state index is 0.171. The number of fused-ring (bicyclic) bond motifs is 1. The highest BCUT2D eigenvalue weighted by Crippen LogP contribution is 2.23. The molecule has 1 aromatic heterocycles. The Bertz CT molecular complexity index is 699. The summed E-state index contributed by atoms with van der Waals surface area (Å²) in [5, 5.41) is 29.9. The number of nitrogens with zero attached hydrogens (tertiary/aromatic N) is 1. The number of H-pyrrole nitrogens is 1. The normalized spacial score (nSPS) is 26.5. The van der Waals surface area contributed by atoms with Crippen LogP contribution in [0.2, 0.25) is 0 Å². The zero-order chi connectivity index (χ0) is 15.0. The molecule has 4 N–H and O–H groups in total. The van der Waals surface area contributed by atoms with Gasteiger partial charge in [0, 0.05) is 19.2 Å². The summed E-state index contributed by atoms with van der Waals surface area (Å²) in [6.45, 7) is 0.510. The molecule has 112 valence electrons. The minimum atomic E-state index is -0.955. The molecule has 0 amide bonds. The van der Waals surface area contributed by atoms with E-state index in [1.54, 1.807) is 6.07 Å². The first-order valence-corrected chi connectivity index (χ1v) is 6.92. The van der Waals surface area contributed by atoms with E-state index in [0.717, 1.165) is 16.5 Å². The third-order valence-electron chi connectivity index (χ3n) is 4.08. The molecule has 0 bridgehead atoms. The maximum Gasteiger partial charge on any atom is 0.248 e. The van der Waals surface area contributed by atoms with E-state index < -0.39 is 18.2 Å². The Morgan fingerprint density at radius 3 is 2.81 bits per heavy atom. The summed E-state index contributed by atoms with van der Waals surface area (Å²) in [5.74, 6) is 0. The number of likely N-dealkylation sites (tertiary alicyclic amines) is 1. The molecule has 2 aromatic rings. The van der Waals surface area contributed by atoms with E-state index in [1.165, 1.54) is 6.07 Å². The van der Waals surface area contributed by atoms with E-state index in [4.69, 9.17) is 0 Å². The molecule has 0 spiro atoms. The van der Waals surface area contributed by atoms with Crippen molar-refractivity contribution < 1.29 is 15.3 Å². The molecule has 0 unspecified atom stereocenters. The monoisotopic (exact) mass is 290 g/mol. The van der Waals surface area contributed by atoms with Crippen LogP contribution >= 0.6 is 0 Å². The van der Waals surface area contributed by atoms with Gasteiger partial charge in [0.2, 0.25) is 5.56 Å². The zero-order valence-electron chi connectivity index (χ0n) is 11.4. The highest BCUT2D eigenvalue weighted by atomic mass is 16.3. The van der Waals surface area contributed by atoms with Crippen LogP contribution in [-0.4, -0.2) is 56.6 Å². The molecule has 1 fully saturated rings. The SMILES string of the molecule is O=c1ccc2cccc(CN3C[C@H](O)[C@H](O)[C@H]3CO)c2[nH]1. The summed E-state index contributed by atoms with van der Waals surface area (Å²) < 4.78 is 0. The minimum Gasteiger partial charge on any atom is -0.395 e. The fourth-order valence-electron chi connectivity index (χ4n) is 2.95. The number of aliphatic hydroxyl groups excluding tert-OH is 3. The number of aromatic amines is 1. The van der Waals surface area contributed by atoms with Crippen molar-refractivity contribution in [1.82, 2.24) is 9.88 Å². The van der Waals surface area contributed by atoms with Gasteiger partial charge in [-0.3, -0.25) is 9.69 Å². The maximum atomic E-state index is 11.5. The third-order valence-corrected chi connectivity index (χ3v) is 4.08. The first-order chi connectivity index (χ1) is 10.1. The molecule has 2 heterocycles. The predicted octanol–water partition coefficient (Wildman–Crippen LogP) is -0.574. The van der Waals surface area contributed by atoms with Gasteiger partial charge in [-0.05, 0) is 17.0 Å². The first kappa shape index (κ1) is 14.2. The number of hydrogen-bond acceptors (Lipinski definition) is 5. The molecule has 1 aromatic carbocycles. The van der Waals surface area contributed by atoms with Crippen LogP contribution in [0.1, 0.15) is 5.56 Å². The van der Waals surface area contributed by atoms with E-state index in [9.17, 15) is 20.1 Å². The molecule has 3 atom stereocenters.